The van der Waals surface area contributed by atoms with Gasteiger partial charge in [-0.15, -0.1) is 0 Å². The van der Waals surface area contributed by atoms with Gasteiger partial charge < -0.3 is 20.3 Å². The highest BCUT2D eigenvalue weighted by Gasteiger charge is 2.56. The van der Waals surface area contributed by atoms with Crippen LogP contribution >= 0.6 is 0 Å². The predicted molar refractivity (Wildman–Crippen MR) is 114 cm³/mol. The Labute approximate surface area is 177 Å². The van der Waals surface area contributed by atoms with Gasteiger partial charge in [0.1, 0.15) is 5.60 Å². The first-order chi connectivity index (χ1) is 14.1. The Balaban J connectivity index is 1.46. The second kappa shape index (κ2) is 8.50. The number of likely N-dealkylation sites (tertiary alicyclic amines) is 1. The van der Waals surface area contributed by atoms with E-state index in [0.29, 0.717) is 25.2 Å². The number of hydrogen-bond acceptors (Lipinski definition) is 4. The number of nitrogens with zero attached hydrogens (tertiary/aromatic N) is 1. The van der Waals surface area contributed by atoms with Crippen molar-refractivity contribution in [3.05, 3.63) is 48.0 Å². The number of benzene rings is 1. The van der Waals surface area contributed by atoms with Crippen LogP contribution in [0.1, 0.15) is 56.0 Å². The maximum atomic E-state index is 12.6. The number of piperidine rings is 1. The summed E-state index contributed by atoms with van der Waals surface area (Å²) in [6, 6.07) is 7.36. The molecule has 1 heterocycles. The van der Waals surface area contributed by atoms with Crippen LogP contribution in [0.5, 0.6) is 0 Å². The van der Waals surface area contributed by atoms with Crippen molar-refractivity contribution in [3.63, 3.8) is 0 Å². The summed E-state index contributed by atoms with van der Waals surface area (Å²) in [7, 11) is 0. The maximum Gasteiger partial charge on any atom is 0.410 e. The molecule has 1 spiro atoms. The average Bonchev–Trinajstić information content (AvgIpc) is 3.36. The molecule has 1 saturated carbocycles. The Morgan fingerprint density at radius 1 is 1.20 bits per heavy atom. The first-order valence-electron chi connectivity index (χ1n) is 10.4. The van der Waals surface area contributed by atoms with Gasteiger partial charge in [0, 0.05) is 31.2 Å². The highest BCUT2D eigenvalue weighted by atomic mass is 16.6. The van der Waals surface area contributed by atoms with Crippen molar-refractivity contribution in [2.75, 3.05) is 13.1 Å². The van der Waals surface area contributed by atoms with Gasteiger partial charge in [0.15, 0.2) is 0 Å². The molecule has 1 aromatic rings. The number of carbonyl (C=O) groups is 3. The Bertz CT molecular complexity index is 818. The van der Waals surface area contributed by atoms with Crippen LogP contribution in [0.3, 0.4) is 0 Å². The molecule has 1 atom stereocenters. The Kier molecular flexibility index (Phi) is 6.19. The van der Waals surface area contributed by atoms with E-state index in [1.165, 1.54) is 6.08 Å². The fourth-order valence-corrected chi connectivity index (χ4v) is 3.84. The average molecular weight is 414 g/mol. The molecule has 0 radical (unpaired) electrons. The van der Waals surface area contributed by atoms with Gasteiger partial charge in [-0.1, -0.05) is 18.7 Å². The molecular formula is C23H31N3O4. The molecule has 3 rings (SSSR count). The molecular weight excluding hydrogens is 382 g/mol. The van der Waals surface area contributed by atoms with E-state index < -0.39 is 5.60 Å². The lowest BCUT2D eigenvalue weighted by Crippen LogP contribution is -2.43. The van der Waals surface area contributed by atoms with Gasteiger partial charge in [0.2, 0.25) is 5.91 Å². The molecule has 1 saturated heterocycles. The van der Waals surface area contributed by atoms with Crippen LogP contribution in [0.25, 0.3) is 0 Å². The standard InChI is InChI=1S/C23H31N3O4/c1-5-19(27)24-15-16-6-8-17(9-7-16)20(28)25-18-14-23(18)10-12-26(13-11-23)21(29)30-22(2,3)4/h5-9,18H,1,10-15H2,2-4H3,(H,24,27)(H,25,28). The number of carbonyl (C=O) groups excluding carboxylic acids is 3. The number of hydrogen-bond donors (Lipinski definition) is 2. The van der Waals surface area contributed by atoms with Gasteiger partial charge in [-0.2, -0.15) is 0 Å². The largest absolute Gasteiger partial charge is 0.444 e. The zero-order valence-corrected chi connectivity index (χ0v) is 18.0. The minimum atomic E-state index is -0.491. The SMILES string of the molecule is C=CC(=O)NCc1ccc(C(=O)NC2CC23CCN(C(=O)OC(C)(C)C)CC3)cc1. The highest BCUT2D eigenvalue weighted by Crippen LogP contribution is 2.54. The number of rotatable bonds is 5. The lowest BCUT2D eigenvalue weighted by atomic mass is 9.92. The summed E-state index contributed by atoms with van der Waals surface area (Å²) >= 11 is 0. The Morgan fingerprint density at radius 3 is 2.40 bits per heavy atom. The van der Waals surface area contributed by atoms with E-state index in [1.54, 1.807) is 17.0 Å². The quantitative estimate of drug-likeness (QED) is 0.727. The lowest BCUT2D eigenvalue weighted by molar-refractivity contribution is -0.116. The fourth-order valence-electron chi connectivity index (χ4n) is 3.84. The van der Waals surface area contributed by atoms with Gasteiger partial charge in [-0.3, -0.25) is 9.59 Å². The summed E-state index contributed by atoms with van der Waals surface area (Å²) < 4.78 is 5.45. The summed E-state index contributed by atoms with van der Waals surface area (Å²) in [6.07, 6.45) is 3.67. The number of nitrogens with one attached hydrogen (secondary N) is 2. The van der Waals surface area contributed by atoms with Crippen LogP contribution < -0.4 is 10.6 Å². The Morgan fingerprint density at radius 2 is 1.83 bits per heavy atom. The van der Waals surface area contributed by atoms with Crippen molar-refractivity contribution in [2.24, 2.45) is 5.41 Å². The third kappa shape index (κ3) is 5.40. The third-order valence-electron chi connectivity index (χ3n) is 5.77. The number of ether oxygens (including phenoxy) is 1. The zero-order valence-electron chi connectivity index (χ0n) is 18.0. The molecule has 7 heteroatoms. The van der Waals surface area contributed by atoms with E-state index >= 15 is 0 Å². The highest BCUT2D eigenvalue weighted by molar-refractivity contribution is 5.94. The molecule has 0 bridgehead atoms. The van der Waals surface area contributed by atoms with Crippen LogP contribution in [0.2, 0.25) is 0 Å². The van der Waals surface area contributed by atoms with Crippen molar-refractivity contribution in [2.45, 2.75) is 58.2 Å². The fraction of sp³-hybridized carbons (Fsp3) is 0.522. The molecule has 2 aliphatic rings. The van der Waals surface area contributed by atoms with Crippen LogP contribution in [0, 0.1) is 5.41 Å². The molecule has 1 aliphatic carbocycles. The molecule has 7 nitrogen and oxygen atoms in total. The van der Waals surface area contributed by atoms with E-state index in [4.69, 9.17) is 4.74 Å². The molecule has 0 aromatic heterocycles. The van der Waals surface area contributed by atoms with E-state index in [-0.39, 0.29) is 29.4 Å². The second-order valence-electron chi connectivity index (χ2n) is 9.18. The van der Waals surface area contributed by atoms with E-state index in [1.807, 2.05) is 32.9 Å². The van der Waals surface area contributed by atoms with Crippen molar-refractivity contribution in [1.29, 1.82) is 0 Å². The van der Waals surface area contributed by atoms with Gasteiger partial charge >= 0.3 is 6.09 Å². The Hall–Kier alpha value is -2.83. The summed E-state index contributed by atoms with van der Waals surface area (Å²) in [5.74, 6) is -0.318. The molecule has 3 amide bonds. The van der Waals surface area contributed by atoms with Crippen molar-refractivity contribution in [1.82, 2.24) is 15.5 Å². The first kappa shape index (κ1) is 21.9. The summed E-state index contributed by atoms with van der Waals surface area (Å²) in [5.41, 5.74) is 1.12. The van der Waals surface area contributed by atoms with Crippen molar-refractivity contribution in [3.8, 4) is 0 Å². The van der Waals surface area contributed by atoms with Crippen molar-refractivity contribution < 1.29 is 19.1 Å². The van der Waals surface area contributed by atoms with E-state index in [0.717, 1.165) is 24.8 Å². The molecule has 2 fully saturated rings. The molecule has 1 aliphatic heterocycles. The zero-order chi connectivity index (χ0) is 21.9. The van der Waals surface area contributed by atoms with Gasteiger partial charge in [0.05, 0.1) is 0 Å². The molecule has 1 aromatic carbocycles. The normalized spacial score (nSPS) is 19.7. The van der Waals surface area contributed by atoms with Crippen LogP contribution in [-0.2, 0) is 16.1 Å². The predicted octanol–water partition coefficient (Wildman–Crippen LogP) is 3.01. The maximum absolute atomic E-state index is 12.6. The summed E-state index contributed by atoms with van der Waals surface area (Å²) in [5, 5.41) is 5.84. The minimum absolute atomic E-state index is 0.0897. The lowest BCUT2D eigenvalue weighted by Gasteiger charge is -2.34. The molecule has 162 valence electrons. The molecule has 2 N–H and O–H groups in total. The smallest absolute Gasteiger partial charge is 0.410 e. The van der Waals surface area contributed by atoms with Gasteiger partial charge in [-0.05, 0) is 69.2 Å². The summed E-state index contributed by atoms with van der Waals surface area (Å²) in [6.45, 7) is 10.7. The first-order valence-corrected chi connectivity index (χ1v) is 10.4. The number of amides is 3. The van der Waals surface area contributed by atoms with Crippen LogP contribution in [0.15, 0.2) is 36.9 Å². The van der Waals surface area contributed by atoms with Crippen LogP contribution in [0.4, 0.5) is 4.79 Å². The van der Waals surface area contributed by atoms with Gasteiger partial charge in [0.25, 0.3) is 5.91 Å². The monoisotopic (exact) mass is 413 g/mol. The van der Waals surface area contributed by atoms with E-state index in [2.05, 4.69) is 17.2 Å². The minimum Gasteiger partial charge on any atom is -0.444 e. The second-order valence-corrected chi connectivity index (χ2v) is 9.18. The van der Waals surface area contributed by atoms with Crippen LogP contribution in [-0.4, -0.2) is 47.5 Å². The topological polar surface area (TPSA) is 87.7 Å². The van der Waals surface area contributed by atoms with Gasteiger partial charge in [-0.25, -0.2) is 4.79 Å². The van der Waals surface area contributed by atoms with E-state index in [9.17, 15) is 14.4 Å². The summed E-state index contributed by atoms with van der Waals surface area (Å²) in [4.78, 5) is 37.8. The van der Waals surface area contributed by atoms with Crippen molar-refractivity contribution >= 4 is 17.9 Å². The third-order valence-corrected chi connectivity index (χ3v) is 5.77. The molecule has 30 heavy (non-hydrogen) atoms. The molecule has 1 unspecified atom stereocenters.